The van der Waals surface area contributed by atoms with Crippen molar-refractivity contribution in [2.75, 3.05) is 13.2 Å². The third-order valence-electron chi connectivity index (χ3n) is 5.36. The van der Waals surface area contributed by atoms with Crippen molar-refractivity contribution >= 4 is 6.03 Å². The lowest BCUT2D eigenvalue weighted by molar-refractivity contribution is 0.153. The minimum absolute atomic E-state index is 0.0337. The molecule has 0 aromatic heterocycles. The smallest absolute Gasteiger partial charge is 0.315 e. The van der Waals surface area contributed by atoms with Crippen LogP contribution in [-0.2, 0) is 5.41 Å². The molecule has 0 radical (unpaired) electrons. The fourth-order valence-corrected chi connectivity index (χ4v) is 3.61. The highest BCUT2D eigenvalue weighted by molar-refractivity contribution is 5.74. The largest absolute Gasteiger partial charge is 0.396 e. The number of carbonyl (C=O) groups excluding carboxylic acids is 1. The van der Waals surface area contributed by atoms with E-state index in [0.29, 0.717) is 6.54 Å². The van der Waals surface area contributed by atoms with Gasteiger partial charge >= 0.3 is 6.03 Å². The number of urea groups is 1. The summed E-state index contributed by atoms with van der Waals surface area (Å²) >= 11 is 0. The number of aliphatic hydroxyl groups is 1. The maximum absolute atomic E-state index is 13.0. The van der Waals surface area contributed by atoms with E-state index in [1.807, 2.05) is 12.1 Å². The Morgan fingerprint density at radius 2 is 1.91 bits per heavy atom. The second-order valence-electron chi connectivity index (χ2n) is 6.95. The summed E-state index contributed by atoms with van der Waals surface area (Å²) in [6, 6.07) is 6.47. The molecular weight excluding hydrogens is 295 g/mol. The predicted octanol–water partition coefficient (Wildman–Crippen LogP) is 2.71. The number of aliphatic hydroxyl groups excluding tert-OH is 1. The molecule has 126 valence electrons. The Morgan fingerprint density at radius 3 is 2.57 bits per heavy atom. The van der Waals surface area contributed by atoms with Gasteiger partial charge in [0.1, 0.15) is 5.82 Å². The molecule has 0 aliphatic heterocycles. The van der Waals surface area contributed by atoms with Crippen molar-refractivity contribution in [2.24, 2.45) is 5.92 Å². The maximum Gasteiger partial charge on any atom is 0.315 e. The van der Waals surface area contributed by atoms with Crippen LogP contribution in [0.4, 0.5) is 9.18 Å². The van der Waals surface area contributed by atoms with Gasteiger partial charge in [0.15, 0.2) is 0 Å². The summed E-state index contributed by atoms with van der Waals surface area (Å²) in [5.74, 6) is -0.0657. The fourth-order valence-electron chi connectivity index (χ4n) is 3.61. The number of carbonyl (C=O) groups is 1. The van der Waals surface area contributed by atoms with Gasteiger partial charge in [0.2, 0.25) is 0 Å². The molecular formula is C18H25FN2O2. The lowest BCUT2D eigenvalue weighted by Gasteiger charge is -2.31. The number of rotatable bonds is 5. The number of nitrogens with one attached hydrogen (secondary N) is 2. The summed E-state index contributed by atoms with van der Waals surface area (Å²) in [4.78, 5) is 12.2. The van der Waals surface area contributed by atoms with Crippen LogP contribution in [0.25, 0.3) is 0 Å². The van der Waals surface area contributed by atoms with Crippen LogP contribution in [0.15, 0.2) is 24.3 Å². The van der Waals surface area contributed by atoms with E-state index in [1.165, 1.54) is 12.1 Å². The zero-order valence-corrected chi connectivity index (χ0v) is 13.4. The van der Waals surface area contributed by atoms with Crippen molar-refractivity contribution in [1.29, 1.82) is 0 Å². The first kappa shape index (κ1) is 16.2. The molecule has 23 heavy (non-hydrogen) atoms. The van der Waals surface area contributed by atoms with Crippen LogP contribution in [-0.4, -0.2) is 30.3 Å². The molecule has 2 aliphatic carbocycles. The summed E-state index contributed by atoms with van der Waals surface area (Å²) in [6.45, 7) is 0.700. The van der Waals surface area contributed by atoms with Crippen LogP contribution < -0.4 is 10.6 Å². The lowest BCUT2D eigenvalue weighted by atomic mass is 9.85. The van der Waals surface area contributed by atoms with Crippen molar-refractivity contribution in [3.8, 4) is 0 Å². The van der Waals surface area contributed by atoms with Crippen LogP contribution in [0.3, 0.4) is 0 Å². The number of amides is 2. The SMILES string of the molecule is O=C(NCC1(c2ccc(F)cc2)CC1)NC1CCCCC1CO. The van der Waals surface area contributed by atoms with Gasteiger partial charge in [-0.05, 0) is 43.4 Å². The van der Waals surface area contributed by atoms with E-state index < -0.39 is 0 Å². The topological polar surface area (TPSA) is 61.4 Å². The molecule has 5 heteroatoms. The highest BCUT2D eigenvalue weighted by Gasteiger charge is 2.44. The minimum Gasteiger partial charge on any atom is -0.396 e. The Bertz CT molecular complexity index is 542. The van der Waals surface area contributed by atoms with Crippen LogP contribution >= 0.6 is 0 Å². The van der Waals surface area contributed by atoms with Crippen molar-refractivity contribution < 1.29 is 14.3 Å². The van der Waals surface area contributed by atoms with Gasteiger partial charge in [0, 0.05) is 30.5 Å². The van der Waals surface area contributed by atoms with Gasteiger partial charge in [-0.2, -0.15) is 0 Å². The summed E-state index contributed by atoms with van der Waals surface area (Å²) < 4.78 is 13.0. The van der Waals surface area contributed by atoms with Gasteiger partial charge < -0.3 is 15.7 Å². The monoisotopic (exact) mass is 320 g/mol. The zero-order valence-electron chi connectivity index (χ0n) is 13.4. The number of benzene rings is 1. The number of hydrogen-bond donors (Lipinski definition) is 3. The molecule has 2 aliphatic rings. The molecule has 0 heterocycles. The fraction of sp³-hybridized carbons (Fsp3) is 0.611. The summed E-state index contributed by atoms with van der Waals surface area (Å²) in [5, 5.41) is 15.4. The van der Waals surface area contributed by atoms with Gasteiger partial charge in [-0.1, -0.05) is 25.0 Å². The Morgan fingerprint density at radius 1 is 1.22 bits per heavy atom. The van der Waals surface area contributed by atoms with E-state index in [0.717, 1.165) is 44.1 Å². The molecule has 4 nitrogen and oxygen atoms in total. The second kappa shape index (κ2) is 6.87. The first-order valence-electron chi connectivity index (χ1n) is 8.54. The average Bonchev–Trinajstić information content (AvgIpc) is 3.35. The summed E-state index contributed by atoms with van der Waals surface area (Å²) in [5.41, 5.74) is 1.05. The normalized spacial score (nSPS) is 25.7. The molecule has 0 bridgehead atoms. The van der Waals surface area contributed by atoms with E-state index in [1.54, 1.807) is 0 Å². The highest BCUT2D eigenvalue weighted by atomic mass is 19.1. The van der Waals surface area contributed by atoms with E-state index >= 15 is 0 Å². The number of hydrogen-bond acceptors (Lipinski definition) is 2. The van der Waals surface area contributed by atoms with Crippen LogP contribution in [0.2, 0.25) is 0 Å². The maximum atomic E-state index is 13.0. The third-order valence-corrected chi connectivity index (χ3v) is 5.36. The molecule has 0 spiro atoms. The molecule has 2 amide bonds. The van der Waals surface area contributed by atoms with Gasteiger partial charge in [-0.15, -0.1) is 0 Å². The zero-order chi connectivity index (χ0) is 16.3. The molecule has 3 N–H and O–H groups in total. The molecule has 3 rings (SSSR count). The minimum atomic E-state index is -0.234. The standard InChI is InChI=1S/C18H25FN2O2/c19-15-7-5-14(6-8-15)18(9-10-18)12-20-17(23)21-16-4-2-1-3-13(16)11-22/h5-8,13,16,22H,1-4,9-12H2,(H2,20,21,23). The Hall–Kier alpha value is -1.62. The molecule has 1 aromatic rings. The molecule has 1 aromatic carbocycles. The molecule has 0 saturated heterocycles. The van der Waals surface area contributed by atoms with Crippen molar-refractivity contribution in [2.45, 2.75) is 50.0 Å². The first-order chi connectivity index (χ1) is 11.1. The van der Waals surface area contributed by atoms with Crippen LogP contribution in [0.1, 0.15) is 44.1 Å². The lowest BCUT2D eigenvalue weighted by Crippen LogP contribution is -2.49. The van der Waals surface area contributed by atoms with E-state index in [2.05, 4.69) is 10.6 Å². The summed E-state index contributed by atoms with van der Waals surface area (Å²) in [7, 11) is 0. The summed E-state index contributed by atoms with van der Waals surface area (Å²) in [6.07, 6.45) is 6.16. The van der Waals surface area contributed by atoms with Gasteiger partial charge in [-0.3, -0.25) is 0 Å². The number of halogens is 1. The first-order valence-corrected chi connectivity index (χ1v) is 8.54. The molecule has 2 saturated carbocycles. The quantitative estimate of drug-likeness (QED) is 0.781. The van der Waals surface area contributed by atoms with E-state index in [9.17, 15) is 14.3 Å². The highest BCUT2D eigenvalue weighted by Crippen LogP contribution is 2.47. The Labute approximate surface area is 136 Å². The van der Waals surface area contributed by atoms with Crippen molar-refractivity contribution in [3.63, 3.8) is 0 Å². The van der Waals surface area contributed by atoms with Crippen molar-refractivity contribution in [1.82, 2.24) is 10.6 Å². The van der Waals surface area contributed by atoms with Crippen molar-refractivity contribution in [3.05, 3.63) is 35.6 Å². The third kappa shape index (κ3) is 3.83. The average molecular weight is 320 g/mol. The second-order valence-corrected chi connectivity index (χ2v) is 6.95. The van der Waals surface area contributed by atoms with E-state index in [4.69, 9.17) is 0 Å². The van der Waals surface area contributed by atoms with Crippen LogP contribution in [0.5, 0.6) is 0 Å². The Kier molecular flexibility index (Phi) is 4.85. The van der Waals surface area contributed by atoms with Crippen LogP contribution in [0, 0.1) is 11.7 Å². The van der Waals surface area contributed by atoms with Gasteiger partial charge in [-0.25, -0.2) is 9.18 Å². The van der Waals surface area contributed by atoms with Gasteiger partial charge in [0.25, 0.3) is 0 Å². The predicted molar refractivity (Wildman–Crippen MR) is 86.7 cm³/mol. The molecule has 2 fully saturated rings. The molecule has 2 atom stereocenters. The van der Waals surface area contributed by atoms with E-state index in [-0.39, 0.29) is 35.8 Å². The Balaban J connectivity index is 1.51. The van der Waals surface area contributed by atoms with Gasteiger partial charge in [0.05, 0.1) is 0 Å². The molecule has 2 unspecified atom stereocenters.